The number of hydrogen-bond acceptors (Lipinski definition) is 3. The van der Waals surface area contributed by atoms with E-state index in [1.807, 2.05) is 6.92 Å². The number of aryl methyl sites for hydroxylation is 1. The zero-order valence-corrected chi connectivity index (χ0v) is 11.2. The number of furan rings is 1. The Morgan fingerprint density at radius 3 is 2.62 bits per heavy atom. The van der Waals surface area contributed by atoms with E-state index in [0.717, 1.165) is 11.6 Å². The second-order valence-corrected chi connectivity index (χ2v) is 4.40. The van der Waals surface area contributed by atoms with Gasteiger partial charge in [0.2, 0.25) is 0 Å². The molecule has 0 fully saturated rings. The summed E-state index contributed by atoms with van der Waals surface area (Å²) in [6, 6.07) is 6.61. The molecular formula is C15H13F3N2O. The quantitative estimate of drug-likeness (QED) is 0.840. The number of pyridine rings is 1. The molecule has 2 aromatic rings. The molecule has 3 nitrogen and oxygen atoms in total. The zero-order valence-electron chi connectivity index (χ0n) is 11.2. The molecule has 0 saturated heterocycles. The average molecular weight is 294 g/mol. The Bertz CT molecular complexity index is 641. The smallest absolute Gasteiger partial charge is 0.415 e. The minimum atomic E-state index is -4.50. The van der Waals surface area contributed by atoms with E-state index < -0.39 is 11.7 Å². The molecule has 1 N–H and O–H groups in total. The highest BCUT2D eigenvalue weighted by Crippen LogP contribution is 2.28. The molecule has 0 aliphatic heterocycles. The van der Waals surface area contributed by atoms with Crippen molar-refractivity contribution in [2.24, 2.45) is 0 Å². The highest BCUT2D eigenvalue weighted by molar-refractivity contribution is 5.74. The minimum Gasteiger partial charge on any atom is -0.463 e. The van der Waals surface area contributed by atoms with Gasteiger partial charge in [0.1, 0.15) is 11.6 Å². The summed E-state index contributed by atoms with van der Waals surface area (Å²) in [5.74, 6) is 0.681. The van der Waals surface area contributed by atoms with E-state index in [0.29, 0.717) is 5.82 Å². The topological polar surface area (TPSA) is 38.1 Å². The van der Waals surface area contributed by atoms with E-state index in [2.05, 4.69) is 16.9 Å². The summed E-state index contributed by atoms with van der Waals surface area (Å²) < 4.78 is 43.0. The van der Waals surface area contributed by atoms with Crippen molar-refractivity contribution in [2.75, 3.05) is 5.32 Å². The Hall–Kier alpha value is -2.50. The van der Waals surface area contributed by atoms with E-state index in [-0.39, 0.29) is 11.5 Å². The Balaban J connectivity index is 2.31. The lowest BCUT2D eigenvalue weighted by atomic mass is 10.2. The molecule has 6 heteroatoms. The van der Waals surface area contributed by atoms with Crippen LogP contribution >= 0.6 is 0 Å². The van der Waals surface area contributed by atoms with Gasteiger partial charge in [0.05, 0.1) is 17.5 Å². The first-order chi connectivity index (χ1) is 9.86. The molecule has 110 valence electrons. The monoisotopic (exact) mass is 294 g/mol. The van der Waals surface area contributed by atoms with Gasteiger partial charge in [-0.25, -0.2) is 4.98 Å². The van der Waals surface area contributed by atoms with Crippen molar-refractivity contribution >= 4 is 11.5 Å². The molecule has 0 spiro atoms. The second kappa shape index (κ2) is 5.87. The summed E-state index contributed by atoms with van der Waals surface area (Å²) in [6.07, 6.45) is -0.620. The van der Waals surface area contributed by atoms with Gasteiger partial charge in [-0.1, -0.05) is 12.6 Å². The molecule has 0 bridgehead atoms. The zero-order chi connectivity index (χ0) is 15.5. The fourth-order valence-electron chi connectivity index (χ4n) is 1.54. The molecule has 2 rings (SSSR count). The first-order valence-corrected chi connectivity index (χ1v) is 6.07. The number of alkyl halides is 3. The maximum absolute atomic E-state index is 12.6. The van der Waals surface area contributed by atoms with E-state index in [9.17, 15) is 13.2 Å². The van der Waals surface area contributed by atoms with Crippen molar-refractivity contribution in [3.05, 3.63) is 66.3 Å². The van der Waals surface area contributed by atoms with Gasteiger partial charge in [-0.15, -0.1) is 0 Å². The predicted molar refractivity (Wildman–Crippen MR) is 74.5 cm³/mol. The third-order valence-corrected chi connectivity index (χ3v) is 2.64. The van der Waals surface area contributed by atoms with Crippen molar-refractivity contribution in [3.63, 3.8) is 0 Å². The summed E-state index contributed by atoms with van der Waals surface area (Å²) in [4.78, 5) is 4.09. The highest BCUT2D eigenvalue weighted by Gasteiger charge is 2.31. The molecule has 0 aliphatic rings. The molecule has 21 heavy (non-hydrogen) atoms. The Kier molecular flexibility index (Phi) is 4.16. The SMILES string of the molecule is C=C(/C=C(\Nc1ccc(C)cn1)c1ccco1)C(F)(F)F. The molecule has 2 heterocycles. The predicted octanol–water partition coefficient (Wildman–Crippen LogP) is 4.55. The number of nitrogens with one attached hydrogen (secondary N) is 1. The number of hydrogen-bond donors (Lipinski definition) is 1. The first kappa shape index (κ1) is 14.9. The average Bonchev–Trinajstić information content (AvgIpc) is 2.93. The van der Waals surface area contributed by atoms with Crippen LogP contribution in [0.25, 0.3) is 5.70 Å². The van der Waals surface area contributed by atoms with Crippen molar-refractivity contribution in [2.45, 2.75) is 13.1 Å². The summed E-state index contributed by atoms with van der Waals surface area (Å²) in [5.41, 5.74) is 0.107. The van der Waals surface area contributed by atoms with E-state index in [1.165, 1.54) is 6.26 Å². The maximum atomic E-state index is 12.6. The minimum absolute atomic E-state index is 0.138. The van der Waals surface area contributed by atoms with E-state index in [1.54, 1.807) is 30.5 Å². The standard InChI is InChI=1S/C15H13F3N2O/c1-10-5-6-14(19-9-10)20-12(13-4-3-7-21-13)8-11(2)15(16,17)18/h3-9H,2H2,1H3,(H,19,20)/b12-8-. The number of anilines is 1. The van der Waals surface area contributed by atoms with Gasteiger partial charge in [-0.3, -0.25) is 0 Å². The first-order valence-electron chi connectivity index (χ1n) is 6.07. The number of nitrogens with zero attached hydrogens (tertiary/aromatic N) is 1. The summed E-state index contributed by atoms with van der Waals surface area (Å²) in [5, 5.41) is 2.81. The van der Waals surface area contributed by atoms with Crippen LogP contribution in [-0.4, -0.2) is 11.2 Å². The van der Waals surface area contributed by atoms with Gasteiger partial charge in [-0.05, 0) is 36.8 Å². The summed E-state index contributed by atoms with van der Waals surface area (Å²) in [7, 11) is 0. The van der Waals surface area contributed by atoms with E-state index >= 15 is 0 Å². The van der Waals surface area contributed by atoms with Crippen molar-refractivity contribution < 1.29 is 17.6 Å². The van der Waals surface area contributed by atoms with Crippen molar-refractivity contribution in [1.29, 1.82) is 0 Å². The maximum Gasteiger partial charge on any atom is 0.415 e. The largest absolute Gasteiger partial charge is 0.463 e. The fraction of sp³-hybridized carbons (Fsp3) is 0.133. The van der Waals surface area contributed by atoms with Crippen molar-refractivity contribution in [3.8, 4) is 0 Å². The van der Waals surface area contributed by atoms with Gasteiger partial charge in [-0.2, -0.15) is 13.2 Å². The Labute approximate surface area is 119 Å². The van der Waals surface area contributed by atoms with Crippen LogP contribution in [0.3, 0.4) is 0 Å². The van der Waals surface area contributed by atoms with Crippen LogP contribution in [0.15, 0.2) is 59.4 Å². The summed E-state index contributed by atoms with van der Waals surface area (Å²) in [6.45, 7) is 4.89. The molecule has 0 unspecified atom stereocenters. The third kappa shape index (κ3) is 3.98. The van der Waals surface area contributed by atoms with Crippen LogP contribution < -0.4 is 5.32 Å². The Morgan fingerprint density at radius 2 is 2.10 bits per heavy atom. The van der Waals surface area contributed by atoms with Crippen LogP contribution in [0.5, 0.6) is 0 Å². The molecule has 0 aliphatic carbocycles. The fourth-order valence-corrected chi connectivity index (χ4v) is 1.54. The molecule has 0 radical (unpaired) electrons. The van der Waals surface area contributed by atoms with Crippen molar-refractivity contribution in [1.82, 2.24) is 4.98 Å². The van der Waals surface area contributed by atoms with Crippen LogP contribution in [0, 0.1) is 6.92 Å². The normalized spacial score (nSPS) is 12.3. The number of halogens is 3. The lowest BCUT2D eigenvalue weighted by Crippen LogP contribution is -2.10. The molecular weight excluding hydrogens is 281 g/mol. The lowest BCUT2D eigenvalue weighted by Gasteiger charge is -2.11. The molecule has 2 aromatic heterocycles. The molecule has 0 atom stereocenters. The van der Waals surface area contributed by atoms with Gasteiger partial charge < -0.3 is 9.73 Å². The van der Waals surface area contributed by atoms with E-state index in [4.69, 9.17) is 4.42 Å². The number of aromatic nitrogens is 1. The van der Waals surface area contributed by atoms with Crippen LogP contribution in [0.2, 0.25) is 0 Å². The van der Waals surface area contributed by atoms with Gasteiger partial charge in [0, 0.05) is 6.20 Å². The number of rotatable bonds is 4. The van der Waals surface area contributed by atoms with Gasteiger partial charge in [0.15, 0.2) is 0 Å². The van der Waals surface area contributed by atoms with Crippen LogP contribution in [-0.2, 0) is 0 Å². The summed E-state index contributed by atoms with van der Waals surface area (Å²) >= 11 is 0. The highest BCUT2D eigenvalue weighted by atomic mass is 19.4. The third-order valence-electron chi connectivity index (χ3n) is 2.64. The number of allylic oxidation sites excluding steroid dienone is 2. The van der Waals surface area contributed by atoms with Crippen LogP contribution in [0.1, 0.15) is 11.3 Å². The molecule has 0 saturated carbocycles. The van der Waals surface area contributed by atoms with Crippen LogP contribution in [0.4, 0.5) is 19.0 Å². The molecule has 0 amide bonds. The van der Waals surface area contributed by atoms with Gasteiger partial charge >= 0.3 is 6.18 Å². The van der Waals surface area contributed by atoms with Gasteiger partial charge in [0.25, 0.3) is 0 Å². The second-order valence-electron chi connectivity index (χ2n) is 4.40. The molecule has 0 aromatic carbocycles. The lowest BCUT2D eigenvalue weighted by molar-refractivity contribution is -0.0877. The Morgan fingerprint density at radius 1 is 1.33 bits per heavy atom.